The molecule has 0 saturated carbocycles. The second-order valence-electron chi connectivity index (χ2n) is 4.99. The lowest BCUT2D eigenvalue weighted by atomic mass is 10.0. The van der Waals surface area contributed by atoms with Crippen molar-refractivity contribution in [3.8, 4) is 0 Å². The Morgan fingerprint density at radius 3 is 2.45 bits per heavy atom. The van der Waals surface area contributed by atoms with E-state index in [-0.39, 0.29) is 11.7 Å². The first kappa shape index (κ1) is 14.6. The molecule has 0 aliphatic heterocycles. The smallest absolute Gasteiger partial charge is 0.309 e. The van der Waals surface area contributed by atoms with E-state index in [1.807, 2.05) is 31.5 Å². The maximum atomic E-state index is 12.2. The van der Waals surface area contributed by atoms with Crippen LogP contribution in [0.2, 0.25) is 0 Å². The van der Waals surface area contributed by atoms with Crippen LogP contribution in [0.3, 0.4) is 0 Å². The van der Waals surface area contributed by atoms with Gasteiger partial charge in [-0.2, -0.15) is 0 Å². The molecular weight excluding hydrogens is 250 g/mol. The average molecular weight is 273 g/mol. The number of nitrogens with one attached hydrogen (secondary N) is 1. The van der Waals surface area contributed by atoms with Crippen LogP contribution in [0.5, 0.6) is 0 Å². The molecule has 0 aliphatic rings. The fraction of sp³-hybridized carbons (Fsp3) is 0.438. The first-order chi connectivity index (χ1) is 9.67. The van der Waals surface area contributed by atoms with Crippen molar-refractivity contribution in [2.24, 2.45) is 0 Å². The standard InChI is InChI=1S/C16H23N3O/c1-4-17-15(14-9-7-6-8-13(14)3)12-19-11-10-18(5-2)16(19)20/h6-11,15,17H,4-5,12H2,1-3H3. The summed E-state index contributed by atoms with van der Waals surface area (Å²) < 4.78 is 3.50. The van der Waals surface area contributed by atoms with Crippen LogP contribution in [0.15, 0.2) is 41.5 Å². The maximum absolute atomic E-state index is 12.2. The third kappa shape index (κ3) is 3.02. The van der Waals surface area contributed by atoms with Gasteiger partial charge in [-0.3, -0.25) is 9.13 Å². The topological polar surface area (TPSA) is 39.0 Å². The monoisotopic (exact) mass is 273 g/mol. The zero-order chi connectivity index (χ0) is 14.5. The zero-order valence-corrected chi connectivity index (χ0v) is 12.5. The lowest BCUT2D eigenvalue weighted by Gasteiger charge is -2.20. The molecule has 0 amide bonds. The summed E-state index contributed by atoms with van der Waals surface area (Å²) in [6, 6.07) is 8.49. The molecule has 1 atom stereocenters. The maximum Gasteiger partial charge on any atom is 0.328 e. The van der Waals surface area contributed by atoms with E-state index in [2.05, 4.69) is 31.3 Å². The molecule has 1 aromatic heterocycles. The molecule has 1 aromatic carbocycles. The van der Waals surface area contributed by atoms with E-state index in [0.29, 0.717) is 13.1 Å². The highest BCUT2D eigenvalue weighted by Gasteiger charge is 2.14. The van der Waals surface area contributed by atoms with Gasteiger partial charge in [-0.25, -0.2) is 4.79 Å². The molecule has 108 valence electrons. The number of rotatable bonds is 6. The molecular formula is C16H23N3O. The van der Waals surface area contributed by atoms with Gasteiger partial charge in [0, 0.05) is 25.5 Å². The van der Waals surface area contributed by atoms with E-state index in [0.717, 1.165) is 6.54 Å². The molecule has 0 aliphatic carbocycles. The lowest BCUT2D eigenvalue weighted by molar-refractivity contribution is 0.461. The van der Waals surface area contributed by atoms with Crippen LogP contribution < -0.4 is 11.0 Å². The molecule has 2 aromatic rings. The van der Waals surface area contributed by atoms with Gasteiger partial charge in [-0.1, -0.05) is 31.2 Å². The number of hydrogen-bond acceptors (Lipinski definition) is 2. The summed E-state index contributed by atoms with van der Waals surface area (Å²) in [5.74, 6) is 0. The van der Waals surface area contributed by atoms with Crippen molar-refractivity contribution in [3.63, 3.8) is 0 Å². The first-order valence-corrected chi connectivity index (χ1v) is 7.21. The fourth-order valence-electron chi connectivity index (χ4n) is 2.53. The van der Waals surface area contributed by atoms with Gasteiger partial charge in [0.2, 0.25) is 0 Å². The molecule has 0 bridgehead atoms. The Kier molecular flexibility index (Phi) is 4.79. The van der Waals surface area contributed by atoms with Crippen molar-refractivity contribution in [1.29, 1.82) is 0 Å². The second-order valence-corrected chi connectivity index (χ2v) is 4.99. The van der Waals surface area contributed by atoms with Gasteiger partial charge in [0.05, 0.1) is 6.04 Å². The number of imidazole rings is 1. The molecule has 0 radical (unpaired) electrons. The van der Waals surface area contributed by atoms with Crippen molar-refractivity contribution in [1.82, 2.24) is 14.5 Å². The van der Waals surface area contributed by atoms with Gasteiger partial charge in [-0.15, -0.1) is 0 Å². The van der Waals surface area contributed by atoms with Crippen LogP contribution in [0.1, 0.15) is 31.0 Å². The summed E-state index contributed by atoms with van der Waals surface area (Å²) >= 11 is 0. The van der Waals surface area contributed by atoms with Crippen LogP contribution in [0.4, 0.5) is 0 Å². The summed E-state index contributed by atoms with van der Waals surface area (Å²) in [6.07, 6.45) is 3.72. The van der Waals surface area contributed by atoms with E-state index in [1.165, 1.54) is 11.1 Å². The highest BCUT2D eigenvalue weighted by molar-refractivity contribution is 5.28. The summed E-state index contributed by atoms with van der Waals surface area (Å²) in [4.78, 5) is 12.2. The van der Waals surface area contributed by atoms with Crippen molar-refractivity contribution >= 4 is 0 Å². The van der Waals surface area contributed by atoms with E-state index < -0.39 is 0 Å². The fourth-order valence-corrected chi connectivity index (χ4v) is 2.53. The molecule has 1 unspecified atom stereocenters. The van der Waals surface area contributed by atoms with Gasteiger partial charge in [0.15, 0.2) is 0 Å². The van der Waals surface area contributed by atoms with Crippen LogP contribution in [0, 0.1) is 6.92 Å². The Balaban J connectivity index is 2.28. The molecule has 4 nitrogen and oxygen atoms in total. The van der Waals surface area contributed by atoms with Gasteiger partial charge in [0.25, 0.3) is 0 Å². The predicted molar refractivity (Wildman–Crippen MR) is 82.0 cm³/mol. The van der Waals surface area contributed by atoms with Gasteiger partial charge >= 0.3 is 5.69 Å². The molecule has 0 saturated heterocycles. The van der Waals surface area contributed by atoms with Gasteiger partial charge in [0.1, 0.15) is 0 Å². The quantitative estimate of drug-likeness (QED) is 0.877. The Morgan fingerprint density at radius 2 is 1.85 bits per heavy atom. The van der Waals surface area contributed by atoms with E-state index >= 15 is 0 Å². The molecule has 0 fully saturated rings. The lowest BCUT2D eigenvalue weighted by Crippen LogP contribution is -2.31. The number of hydrogen-bond donors (Lipinski definition) is 1. The third-order valence-corrected chi connectivity index (χ3v) is 3.65. The van der Waals surface area contributed by atoms with Gasteiger partial charge in [-0.05, 0) is 31.5 Å². The van der Waals surface area contributed by atoms with Crippen molar-refractivity contribution in [3.05, 3.63) is 58.3 Å². The minimum Gasteiger partial charge on any atom is -0.309 e. The number of likely N-dealkylation sites (N-methyl/N-ethyl adjacent to an activating group) is 1. The Hall–Kier alpha value is -1.81. The summed E-state index contributed by atoms with van der Waals surface area (Å²) in [5, 5.41) is 3.47. The van der Waals surface area contributed by atoms with Crippen molar-refractivity contribution < 1.29 is 0 Å². The molecule has 4 heteroatoms. The minimum atomic E-state index is 0.0592. The van der Waals surface area contributed by atoms with Crippen LogP contribution >= 0.6 is 0 Å². The van der Waals surface area contributed by atoms with Crippen LogP contribution in [0.25, 0.3) is 0 Å². The molecule has 1 heterocycles. The summed E-state index contributed by atoms with van der Waals surface area (Å²) in [7, 11) is 0. The largest absolute Gasteiger partial charge is 0.328 e. The Labute approximate surface area is 120 Å². The SMILES string of the molecule is CCNC(Cn1ccn(CC)c1=O)c1ccccc1C. The number of aromatic nitrogens is 2. The molecule has 20 heavy (non-hydrogen) atoms. The summed E-state index contributed by atoms with van der Waals surface area (Å²) in [5.41, 5.74) is 2.57. The normalized spacial score (nSPS) is 12.6. The Morgan fingerprint density at radius 1 is 1.15 bits per heavy atom. The van der Waals surface area contributed by atoms with Crippen molar-refractivity contribution in [2.75, 3.05) is 6.54 Å². The van der Waals surface area contributed by atoms with Gasteiger partial charge < -0.3 is 5.32 Å². The van der Waals surface area contributed by atoms with E-state index in [4.69, 9.17) is 0 Å². The van der Waals surface area contributed by atoms with Crippen LogP contribution in [-0.4, -0.2) is 15.7 Å². The third-order valence-electron chi connectivity index (χ3n) is 3.65. The van der Waals surface area contributed by atoms with Crippen molar-refractivity contribution in [2.45, 2.75) is 39.9 Å². The van der Waals surface area contributed by atoms with E-state index in [9.17, 15) is 4.79 Å². The van der Waals surface area contributed by atoms with Crippen LogP contribution in [-0.2, 0) is 13.1 Å². The summed E-state index contributed by atoms with van der Waals surface area (Å²) in [6.45, 7) is 8.43. The molecule has 0 spiro atoms. The Bertz CT molecular complexity index is 612. The highest BCUT2D eigenvalue weighted by Crippen LogP contribution is 2.18. The first-order valence-electron chi connectivity index (χ1n) is 7.21. The zero-order valence-electron chi connectivity index (χ0n) is 12.5. The predicted octanol–water partition coefficient (Wildman–Crippen LogP) is 2.33. The highest BCUT2D eigenvalue weighted by atomic mass is 16.1. The number of benzene rings is 1. The minimum absolute atomic E-state index is 0.0592. The molecule has 2 rings (SSSR count). The number of nitrogens with zero attached hydrogens (tertiary/aromatic N) is 2. The van der Waals surface area contributed by atoms with E-state index in [1.54, 1.807) is 9.13 Å². The molecule has 1 N–H and O–H groups in total. The number of aryl methyl sites for hydroxylation is 2. The average Bonchev–Trinajstić information content (AvgIpc) is 2.80. The second kappa shape index (κ2) is 6.57.